The number of nitrogens with zero attached hydrogens (tertiary/aromatic N) is 6. The predicted octanol–water partition coefficient (Wildman–Crippen LogP) is 7.34. The lowest BCUT2D eigenvalue weighted by Crippen LogP contribution is -2.16. The van der Waals surface area contributed by atoms with Crippen LogP contribution in [0.2, 0.25) is 5.02 Å². The van der Waals surface area contributed by atoms with Crippen LogP contribution in [0.15, 0.2) is 79.1 Å². The number of anilines is 2. The van der Waals surface area contributed by atoms with E-state index in [9.17, 15) is 16.3 Å². The van der Waals surface area contributed by atoms with Crippen molar-refractivity contribution < 1.29 is 5.76 Å². The summed E-state index contributed by atoms with van der Waals surface area (Å²) in [5, 5.41) is 36.1. The van der Waals surface area contributed by atoms with Gasteiger partial charge in [-0.15, -0.1) is 5.10 Å². The van der Waals surface area contributed by atoms with Crippen molar-refractivity contribution in [3.05, 3.63) is 112 Å². The highest BCUT2D eigenvalue weighted by molar-refractivity contribution is 6.35. The van der Waals surface area contributed by atoms with Crippen molar-refractivity contribution in [2.45, 2.75) is 37.4 Å². The first kappa shape index (κ1) is 25.7. The van der Waals surface area contributed by atoms with E-state index in [1.165, 1.54) is 18.3 Å². The van der Waals surface area contributed by atoms with E-state index < -0.39 is 11.8 Å². The van der Waals surface area contributed by atoms with Gasteiger partial charge in [-0.2, -0.15) is 10.5 Å². The molecule has 0 radical (unpaired) electrons. The third-order valence-corrected chi connectivity index (χ3v) is 8.32. The van der Waals surface area contributed by atoms with Crippen LogP contribution in [0, 0.1) is 40.3 Å². The van der Waals surface area contributed by atoms with E-state index in [2.05, 4.69) is 38.1 Å². The van der Waals surface area contributed by atoms with E-state index in [0.29, 0.717) is 44.1 Å². The molecule has 8 nitrogen and oxygen atoms in total. The molecule has 2 aliphatic rings. The van der Waals surface area contributed by atoms with E-state index in [4.69, 9.17) is 11.6 Å². The number of benzene rings is 3. The number of hydrogen-bond donors (Lipinski definition) is 2. The van der Waals surface area contributed by atoms with Crippen molar-refractivity contribution in [1.82, 2.24) is 20.0 Å². The first-order valence-corrected chi connectivity index (χ1v) is 14.5. The van der Waals surface area contributed by atoms with E-state index in [1.807, 2.05) is 30.3 Å². The second-order valence-electron chi connectivity index (χ2n) is 11.0. The van der Waals surface area contributed by atoms with Gasteiger partial charge in [-0.05, 0) is 54.7 Å². The highest BCUT2D eigenvalue weighted by atomic mass is 35.5. The van der Waals surface area contributed by atoms with E-state index >= 15 is 0 Å². The van der Waals surface area contributed by atoms with Crippen LogP contribution >= 0.6 is 11.6 Å². The summed E-state index contributed by atoms with van der Waals surface area (Å²) < 4.78 is 25.3. The summed E-state index contributed by atoms with van der Waals surface area (Å²) in [4.78, 5) is 4.49. The molecule has 0 aliphatic heterocycles. The minimum atomic E-state index is -1.65. The number of pyridine rings is 1. The Morgan fingerprint density at radius 1 is 1.05 bits per heavy atom. The quantitative estimate of drug-likeness (QED) is 0.185. The number of halogens is 2. The SMILES string of the molecule is [2H][C@](Nc1cc(Cl)c2ncc(C#N)c(N[C@@H](c3ccccc3)[C@H]3C[C@@H]3C#N)c2c1)(c1ccc(F)cc1)c1cn(C2CC2)nn1. The third kappa shape index (κ3) is 5.36. The summed E-state index contributed by atoms with van der Waals surface area (Å²) in [6, 6.07) is 22.0. The standard InChI is InChI=1S/C33H26ClFN8/c34-28-14-24(39-32(20-6-8-23(35)9-7-20)29-18-43(42-41-29)25-10-11-25)13-27-31(22(16-37)17-38-33(27)28)40-30(26-12-21(26)15-36)19-4-2-1-3-5-19/h1-9,13-14,17-18,21,25-26,30,32,39H,10-12H2,(H,38,40)/t21-,26+,30+,32+/m1/s1/i32D. The summed E-state index contributed by atoms with van der Waals surface area (Å²) in [5.41, 5.74) is 3.62. The van der Waals surface area contributed by atoms with Crippen molar-refractivity contribution in [3.8, 4) is 12.1 Å². The molecule has 2 saturated carbocycles. The van der Waals surface area contributed by atoms with Gasteiger partial charge in [0.05, 0.1) is 59.4 Å². The maximum atomic E-state index is 13.9. The van der Waals surface area contributed by atoms with Gasteiger partial charge in [0.25, 0.3) is 0 Å². The Balaban J connectivity index is 1.33. The van der Waals surface area contributed by atoms with Gasteiger partial charge in [0.2, 0.25) is 0 Å². The largest absolute Gasteiger partial charge is 0.376 e. The minimum Gasteiger partial charge on any atom is -0.376 e. The number of nitrogens with one attached hydrogen (secondary N) is 2. The van der Waals surface area contributed by atoms with Crippen molar-refractivity contribution >= 4 is 33.9 Å². The fourth-order valence-electron chi connectivity index (χ4n) is 5.51. The van der Waals surface area contributed by atoms with Crippen molar-refractivity contribution in [2.75, 3.05) is 10.6 Å². The van der Waals surface area contributed by atoms with Gasteiger partial charge < -0.3 is 10.6 Å². The molecule has 2 aliphatic carbocycles. The average molecular weight is 590 g/mol. The molecule has 5 aromatic rings. The fraction of sp³-hybridized carbons (Fsp3) is 0.242. The molecule has 2 N–H and O–H groups in total. The molecule has 2 aromatic heterocycles. The lowest BCUT2D eigenvalue weighted by Gasteiger charge is -2.23. The van der Waals surface area contributed by atoms with Gasteiger partial charge in [-0.3, -0.25) is 4.98 Å². The lowest BCUT2D eigenvalue weighted by molar-refractivity contribution is 0.610. The van der Waals surface area contributed by atoms with Gasteiger partial charge in [0.15, 0.2) is 0 Å². The molecule has 4 atom stereocenters. The normalized spacial score (nSPS) is 19.9. The fourth-order valence-corrected chi connectivity index (χ4v) is 5.78. The van der Waals surface area contributed by atoms with Crippen LogP contribution in [-0.2, 0) is 0 Å². The zero-order valence-electron chi connectivity index (χ0n) is 23.9. The number of nitriles is 2. The highest BCUT2D eigenvalue weighted by Gasteiger charge is 2.44. The maximum absolute atomic E-state index is 13.9. The predicted molar refractivity (Wildman–Crippen MR) is 162 cm³/mol. The van der Waals surface area contributed by atoms with Crippen LogP contribution in [-0.4, -0.2) is 20.0 Å². The number of aromatic nitrogens is 4. The molecule has 0 unspecified atom stereocenters. The molecule has 212 valence electrons. The minimum absolute atomic E-state index is 0.0717. The highest BCUT2D eigenvalue weighted by Crippen LogP contribution is 2.49. The molecule has 2 fully saturated rings. The van der Waals surface area contributed by atoms with Crippen molar-refractivity contribution in [2.24, 2.45) is 11.8 Å². The summed E-state index contributed by atoms with van der Waals surface area (Å²) in [5.74, 6) is -0.433. The summed E-state index contributed by atoms with van der Waals surface area (Å²) in [7, 11) is 0. The Morgan fingerprint density at radius 2 is 1.84 bits per heavy atom. The van der Waals surface area contributed by atoms with Crippen LogP contribution in [0.5, 0.6) is 0 Å². The Hall–Kier alpha value is -4.99. The van der Waals surface area contributed by atoms with Crippen LogP contribution in [0.1, 0.15) is 61.1 Å². The second kappa shape index (κ2) is 11.0. The molecule has 2 heterocycles. The Labute approximate surface area is 254 Å². The molecule has 0 saturated heterocycles. The molecule has 43 heavy (non-hydrogen) atoms. The summed E-state index contributed by atoms with van der Waals surface area (Å²) in [6.07, 6.45) is 5.99. The molecule has 0 amide bonds. The molecular formula is C33H26ClFN8. The number of rotatable bonds is 9. The van der Waals surface area contributed by atoms with Gasteiger partial charge in [-0.25, -0.2) is 9.07 Å². The van der Waals surface area contributed by atoms with E-state index in [0.717, 1.165) is 24.8 Å². The first-order valence-electron chi connectivity index (χ1n) is 14.6. The molecule has 7 rings (SSSR count). The Morgan fingerprint density at radius 3 is 2.53 bits per heavy atom. The van der Waals surface area contributed by atoms with Gasteiger partial charge >= 0.3 is 0 Å². The van der Waals surface area contributed by atoms with Crippen LogP contribution in [0.3, 0.4) is 0 Å². The number of fused-ring (bicyclic) bond motifs is 1. The number of hydrogen-bond acceptors (Lipinski definition) is 7. The Kier molecular flexibility index (Phi) is 6.58. The van der Waals surface area contributed by atoms with Crippen molar-refractivity contribution in [3.63, 3.8) is 0 Å². The first-order chi connectivity index (χ1) is 21.4. The molecule has 0 bridgehead atoms. The summed E-state index contributed by atoms with van der Waals surface area (Å²) >= 11 is 6.80. The van der Waals surface area contributed by atoms with Gasteiger partial charge in [0, 0.05) is 23.2 Å². The summed E-state index contributed by atoms with van der Waals surface area (Å²) in [6.45, 7) is 0. The van der Waals surface area contributed by atoms with E-state index in [-0.39, 0.29) is 23.9 Å². The third-order valence-electron chi connectivity index (χ3n) is 8.03. The monoisotopic (exact) mass is 589 g/mol. The smallest absolute Gasteiger partial charge is 0.123 e. The lowest BCUT2D eigenvalue weighted by atomic mass is 9.99. The van der Waals surface area contributed by atoms with Gasteiger partial charge in [-0.1, -0.05) is 59.3 Å². The average Bonchev–Trinajstić information content (AvgIpc) is 3.98. The van der Waals surface area contributed by atoms with E-state index in [1.54, 1.807) is 35.1 Å². The van der Waals surface area contributed by atoms with Crippen molar-refractivity contribution in [1.29, 1.82) is 10.5 Å². The zero-order chi connectivity index (χ0) is 30.4. The Bertz CT molecular complexity index is 1950. The van der Waals surface area contributed by atoms with Crippen LogP contribution in [0.4, 0.5) is 15.8 Å². The van der Waals surface area contributed by atoms with Crippen LogP contribution < -0.4 is 10.6 Å². The molecule has 10 heteroatoms. The molecule has 3 aromatic carbocycles. The van der Waals surface area contributed by atoms with Crippen LogP contribution in [0.25, 0.3) is 10.9 Å². The van der Waals surface area contributed by atoms with Gasteiger partial charge in [0.1, 0.15) is 17.6 Å². The maximum Gasteiger partial charge on any atom is 0.123 e. The molecular weight excluding hydrogens is 563 g/mol. The zero-order valence-corrected chi connectivity index (χ0v) is 23.6. The molecule has 0 spiro atoms. The topological polar surface area (TPSA) is 115 Å². The second-order valence-corrected chi connectivity index (χ2v) is 11.4.